The largest absolute Gasteiger partial charge is 0.506 e. The van der Waals surface area contributed by atoms with Crippen LogP contribution in [-0.2, 0) is 0 Å². The first-order valence-corrected chi connectivity index (χ1v) is 7.56. The summed E-state index contributed by atoms with van der Waals surface area (Å²) in [5.41, 5.74) is 1.18. The maximum absolute atomic E-state index is 12.8. The minimum Gasteiger partial charge on any atom is -0.506 e. The highest BCUT2D eigenvalue weighted by atomic mass is 16.3. The first kappa shape index (κ1) is 15.4. The highest BCUT2D eigenvalue weighted by Gasteiger charge is 2.32. The van der Waals surface area contributed by atoms with Gasteiger partial charge in [-0.15, -0.1) is 0 Å². The number of benzene rings is 2. The van der Waals surface area contributed by atoms with Crippen molar-refractivity contribution in [3.63, 3.8) is 0 Å². The van der Waals surface area contributed by atoms with Gasteiger partial charge in [0.05, 0.1) is 22.1 Å². The van der Waals surface area contributed by atoms with Crippen LogP contribution in [-0.4, -0.2) is 40.4 Å². The Morgan fingerprint density at radius 2 is 1.78 bits per heavy atom. The topological polar surface area (TPSA) is 53.4 Å². The number of hydrogen-bond donors (Lipinski definition) is 1. The summed E-state index contributed by atoms with van der Waals surface area (Å²) in [6.45, 7) is 3.69. The van der Waals surface area contributed by atoms with E-state index in [1.165, 1.54) is 0 Å². The van der Waals surface area contributed by atoms with Crippen LogP contribution in [0.5, 0.6) is 5.75 Å². The van der Waals surface area contributed by atoms with Gasteiger partial charge in [-0.3, -0.25) is 9.69 Å². The van der Waals surface area contributed by atoms with Gasteiger partial charge in [-0.1, -0.05) is 18.2 Å². The van der Waals surface area contributed by atoms with Crippen molar-refractivity contribution in [3.8, 4) is 5.75 Å². The van der Waals surface area contributed by atoms with Crippen LogP contribution in [0.25, 0.3) is 21.8 Å². The smallest absolute Gasteiger partial charge is 0.186 e. The molecule has 1 aromatic heterocycles. The van der Waals surface area contributed by atoms with Crippen molar-refractivity contribution in [2.24, 2.45) is 0 Å². The lowest BCUT2D eigenvalue weighted by molar-refractivity contribution is 0.0753. The molecule has 0 aliphatic carbocycles. The molecule has 0 amide bonds. The Balaban J connectivity index is 2.22. The number of carbonyl (C=O) groups is 1. The molecule has 0 aliphatic rings. The van der Waals surface area contributed by atoms with Crippen LogP contribution >= 0.6 is 0 Å². The first-order valence-electron chi connectivity index (χ1n) is 7.56. The molecule has 0 fully saturated rings. The number of nitrogens with zero attached hydrogens (tertiary/aromatic N) is 2. The van der Waals surface area contributed by atoms with Gasteiger partial charge in [-0.05, 0) is 52.2 Å². The summed E-state index contributed by atoms with van der Waals surface area (Å²) in [7, 11) is 3.70. The van der Waals surface area contributed by atoms with Crippen molar-refractivity contribution >= 4 is 27.6 Å². The fourth-order valence-electron chi connectivity index (χ4n) is 2.55. The number of carbonyl (C=O) groups excluding carboxylic acids is 1. The maximum Gasteiger partial charge on any atom is 0.186 e. The molecule has 0 spiro atoms. The highest BCUT2D eigenvalue weighted by Crippen LogP contribution is 2.33. The SMILES string of the molecule is CN(C)C(C)(C)C(=O)c1ccc2nc3ccccc3cc2c1O. The number of ketones is 1. The Bertz CT molecular complexity index is 914. The third kappa shape index (κ3) is 2.45. The van der Waals surface area contributed by atoms with Gasteiger partial charge in [-0.2, -0.15) is 0 Å². The number of fused-ring (bicyclic) bond motifs is 2. The molecule has 1 heterocycles. The minimum atomic E-state index is -0.699. The summed E-state index contributed by atoms with van der Waals surface area (Å²) in [5, 5.41) is 12.2. The number of likely N-dealkylation sites (N-methyl/N-ethyl adjacent to an activating group) is 1. The van der Waals surface area contributed by atoms with E-state index in [4.69, 9.17) is 0 Å². The molecule has 3 rings (SSSR count). The normalized spacial score (nSPS) is 12.2. The van der Waals surface area contributed by atoms with Gasteiger partial charge in [0, 0.05) is 10.8 Å². The lowest BCUT2D eigenvalue weighted by Crippen LogP contribution is -2.45. The van der Waals surface area contributed by atoms with Crippen LogP contribution in [0.4, 0.5) is 0 Å². The van der Waals surface area contributed by atoms with E-state index < -0.39 is 5.54 Å². The Morgan fingerprint density at radius 3 is 2.48 bits per heavy atom. The van der Waals surface area contributed by atoms with E-state index in [2.05, 4.69) is 4.98 Å². The predicted octanol–water partition coefficient (Wildman–Crippen LogP) is 3.62. The highest BCUT2D eigenvalue weighted by molar-refractivity contribution is 6.09. The standard InChI is InChI=1S/C19H20N2O2/c1-19(2,21(3)4)18(23)13-9-10-16-14(17(13)22)11-12-7-5-6-8-15(12)20-16/h5-11,22H,1-4H3. The molecule has 0 radical (unpaired) electrons. The maximum atomic E-state index is 12.8. The summed E-state index contributed by atoms with van der Waals surface area (Å²) in [4.78, 5) is 19.2. The second kappa shape index (κ2) is 5.32. The number of phenols is 1. The average molecular weight is 308 g/mol. The molecular weight excluding hydrogens is 288 g/mol. The third-order valence-corrected chi connectivity index (χ3v) is 4.59. The summed E-state index contributed by atoms with van der Waals surface area (Å²) >= 11 is 0. The van der Waals surface area contributed by atoms with Crippen molar-refractivity contribution < 1.29 is 9.90 Å². The lowest BCUT2D eigenvalue weighted by atomic mass is 9.90. The molecule has 0 unspecified atom stereocenters. The molecule has 0 bridgehead atoms. The van der Waals surface area contributed by atoms with Crippen LogP contribution in [0.1, 0.15) is 24.2 Å². The van der Waals surface area contributed by atoms with E-state index in [1.54, 1.807) is 12.1 Å². The van der Waals surface area contributed by atoms with Crippen molar-refractivity contribution in [2.45, 2.75) is 19.4 Å². The molecule has 23 heavy (non-hydrogen) atoms. The van der Waals surface area contributed by atoms with Crippen molar-refractivity contribution in [1.82, 2.24) is 9.88 Å². The number of hydrogen-bond acceptors (Lipinski definition) is 4. The van der Waals surface area contributed by atoms with E-state index in [1.807, 2.05) is 63.2 Å². The van der Waals surface area contributed by atoms with Gasteiger partial charge in [-0.25, -0.2) is 4.98 Å². The summed E-state index contributed by atoms with van der Waals surface area (Å²) in [5.74, 6) is -0.115. The van der Waals surface area contributed by atoms with Crippen LogP contribution in [0.3, 0.4) is 0 Å². The van der Waals surface area contributed by atoms with E-state index >= 15 is 0 Å². The third-order valence-electron chi connectivity index (χ3n) is 4.59. The molecule has 4 heteroatoms. The first-order chi connectivity index (χ1) is 10.8. The Labute approximate surface area is 135 Å². The van der Waals surface area contributed by atoms with Crippen LogP contribution in [0, 0.1) is 0 Å². The lowest BCUT2D eigenvalue weighted by Gasteiger charge is -2.31. The van der Waals surface area contributed by atoms with Crippen LogP contribution < -0.4 is 0 Å². The van der Waals surface area contributed by atoms with E-state index in [0.29, 0.717) is 16.5 Å². The van der Waals surface area contributed by atoms with Gasteiger partial charge in [0.1, 0.15) is 5.75 Å². The molecule has 0 saturated heterocycles. The van der Waals surface area contributed by atoms with Crippen molar-refractivity contribution in [2.75, 3.05) is 14.1 Å². The molecule has 2 aromatic carbocycles. The zero-order chi connectivity index (χ0) is 16.8. The minimum absolute atomic E-state index is 0.000628. The predicted molar refractivity (Wildman–Crippen MR) is 93.0 cm³/mol. The van der Waals surface area contributed by atoms with Gasteiger partial charge in [0.25, 0.3) is 0 Å². The van der Waals surface area contributed by atoms with Gasteiger partial charge < -0.3 is 5.11 Å². The molecule has 4 nitrogen and oxygen atoms in total. The average Bonchev–Trinajstić information content (AvgIpc) is 2.53. The quantitative estimate of drug-likeness (QED) is 0.593. The number of pyridine rings is 1. The molecule has 0 aliphatic heterocycles. The zero-order valence-electron chi connectivity index (χ0n) is 13.8. The number of phenolic OH excluding ortho intramolecular Hbond substituents is 1. The zero-order valence-corrected chi connectivity index (χ0v) is 13.8. The molecule has 3 aromatic rings. The molecular formula is C19H20N2O2. The van der Waals surface area contributed by atoms with Crippen LogP contribution in [0.2, 0.25) is 0 Å². The number of rotatable bonds is 3. The Hall–Kier alpha value is -2.46. The van der Waals surface area contributed by atoms with E-state index in [0.717, 1.165) is 10.9 Å². The van der Waals surface area contributed by atoms with Crippen molar-refractivity contribution in [3.05, 3.63) is 48.0 Å². The second-order valence-corrected chi connectivity index (χ2v) is 6.49. The summed E-state index contributed by atoms with van der Waals surface area (Å²) in [6.07, 6.45) is 0. The van der Waals surface area contributed by atoms with E-state index in [-0.39, 0.29) is 11.5 Å². The Kier molecular flexibility index (Phi) is 3.57. The molecule has 0 saturated carbocycles. The monoisotopic (exact) mass is 308 g/mol. The number of para-hydroxylation sites is 1. The fraction of sp³-hybridized carbons (Fsp3) is 0.263. The van der Waals surface area contributed by atoms with Crippen LogP contribution in [0.15, 0.2) is 42.5 Å². The molecule has 0 atom stereocenters. The summed E-state index contributed by atoms with van der Waals surface area (Å²) < 4.78 is 0. The van der Waals surface area contributed by atoms with E-state index in [9.17, 15) is 9.90 Å². The number of aromatic nitrogens is 1. The molecule has 118 valence electrons. The fourth-order valence-corrected chi connectivity index (χ4v) is 2.55. The summed E-state index contributed by atoms with van der Waals surface area (Å²) in [6, 6.07) is 13.1. The van der Waals surface area contributed by atoms with Gasteiger partial charge in [0.15, 0.2) is 5.78 Å². The molecule has 1 N–H and O–H groups in total. The number of Topliss-reactive ketones (excluding diaryl/α,β-unsaturated/α-hetero) is 1. The van der Waals surface area contributed by atoms with Crippen molar-refractivity contribution in [1.29, 1.82) is 0 Å². The Morgan fingerprint density at radius 1 is 1.09 bits per heavy atom. The van der Waals surface area contributed by atoms with Gasteiger partial charge >= 0.3 is 0 Å². The second-order valence-electron chi connectivity index (χ2n) is 6.49. The van der Waals surface area contributed by atoms with Gasteiger partial charge in [0.2, 0.25) is 0 Å². The number of aromatic hydroxyl groups is 1.